The Kier molecular flexibility index (Phi) is 2.36. The van der Waals surface area contributed by atoms with Gasteiger partial charge >= 0.3 is 0 Å². The van der Waals surface area contributed by atoms with Crippen molar-refractivity contribution in [2.45, 2.75) is 26.8 Å². The van der Waals surface area contributed by atoms with Gasteiger partial charge in [-0.2, -0.15) is 0 Å². The summed E-state index contributed by atoms with van der Waals surface area (Å²) in [6.07, 6.45) is 0. The van der Waals surface area contributed by atoms with E-state index in [1.165, 1.54) is 5.56 Å². The molecule has 1 heterocycles. The van der Waals surface area contributed by atoms with Gasteiger partial charge in [0.15, 0.2) is 0 Å². The Labute approximate surface area is 85.3 Å². The van der Waals surface area contributed by atoms with Gasteiger partial charge in [0.2, 0.25) is 0 Å². The van der Waals surface area contributed by atoms with Crippen molar-refractivity contribution in [3.8, 4) is 5.75 Å². The molecule has 1 aromatic rings. The van der Waals surface area contributed by atoms with Gasteiger partial charge < -0.3 is 10.1 Å². The van der Waals surface area contributed by atoms with Crippen LogP contribution in [0.1, 0.15) is 19.4 Å². The van der Waals surface area contributed by atoms with E-state index >= 15 is 0 Å². The number of ether oxygens (including phenoxy) is 1. The van der Waals surface area contributed by atoms with Crippen LogP contribution in [-0.4, -0.2) is 12.6 Å². The van der Waals surface area contributed by atoms with E-state index in [1.807, 2.05) is 12.1 Å². The van der Waals surface area contributed by atoms with Gasteiger partial charge in [-0.1, -0.05) is 26.0 Å². The van der Waals surface area contributed by atoms with E-state index < -0.39 is 0 Å². The molecule has 0 aromatic heterocycles. The molecule has 1 aliphatic heterocycles. The number of nitrogens with one attached hydrogen (secondary N) is 1. The summed E-state index contributed by atoms with van der Waals surface area (Å²) in [5, 5.41) is 3.54. The first-order chi connectivity index (χ1) is 6.68. The molecule has 1 aliphatic rings. The maximum atomic E-state index is 5.72. The Hall–Kier alpha value is -1.18. The number of anilines is 1. The molecule has 2 heteroatoms. The first-order valence-corrected chi connectivity index (χ1v) is 5.17. The standard InChI is InChI=1S/C12H17NO/c1-8(2)10-7-14-11-6-4-5-9(3)12(11)13-10/h4-6,8,10,13H,7H2,1-3H3. The summed E-state index contributed by atoms with van der Waals surface area (Å²) in [6.45, 7) is 7.31. The van der Waals surface area contributed by atoms with Crippen LogP contribution in [0, 0.1) is 12.8 Å². The summed E-state index contributed by atoms with van der Waals surface area (Å²) in [5.41, 5.74) is 2.42. The molecule has 0 spiro atoms. The third-order valence-corrected chi connectivity index (χ3v) is 2.79. The lowest BCUT2D eigenvalue weighted by Crippen LogP contribution is -2.36. The van der Waals surface area contributed by atoms with Gasteiger partial charge in [0.05, 0.1) is 11.7 Å². The van der Waals surface area contributed by atoms with E-state index in [9.17, 15) is 0 Å². The highest BCUT2D eigenvalue weighted by molar-refractivity contribution is 5.63. The minimum Gasteiger partial charge on any atom is -0.489 e. The molecule has 2 rings (SSSR count). The maximum absolute atomic E-state index is 5.72. The molecule has 2 nitrogen and oxygen atoms in total. The van der Waals surface area contributed by atoms with Gasteiger partial charge in [-0.3, -0.25) is 0 Å². The summed E-state index contributed by atoms with van der Waals surface area (Å²) in [6, 6.07) is 6.60. The van der Waals surface area contributed by atoms with Gasteiger partial charge in [-0.05, 0) is 24.5 Å². The molecule has 1 N–H and O–H groups in total. The minimum atomic E-state index is 0.434. The number of aryl methyl sites for hydroxylation is 1. The van der Waals surface area contributed by atoms with Gasteiger partial charge in [0, 0.05) is 0 Å². The number of fused-ring (bicyclic) bond motifs is 1. The second kappa shape index (κ2) is 3.52. The topological polar surface area (TPSA) is 21.3 Å². The van der Waals surface area contributed by atoms with Gasteiger partial charge in [0.1, 0.15) is 12.4 Å². The quantitative estimate of drug-likeness (QED) is 0.737. The fraction of sp³-hybridized carbons (Fsp3) is 0.500. The molecular weight excluding hydrogens is 174 g/mol. The zero-order valence-corrected chi connectivity index (χ0v) is 9.00. The van der Waals surface area contributed by atoms with Crippen molar-refractivity contribution in [2.75, 3.05) is 11.9 Å². The lowest BCUT2D eigenvalue weighted by atomic mass is 10.0. The maximum Gasteiger partial charge on any atom is 0.142 e. The fourth-order valence-corrected chi connectivity index (χ4v) is 1.71. The number of rotatable bonds is 1. The average molecular weight is 191 g/mol. The highest BCUT2D eigenvalue weighted by Crippen LogP contribution is 2.32. The third kappa shape index (κ3) is 1.57. The van der Waals surface area contributed by atoms with Crippen LogP contribution in [0.2, 0.25) is 0 Å². The van der Waals surface area contributed by atoms with Crippen LogP contribution in [0.25, 0.3) is 0 Å². The Morgan fingerprint density at radius 1 is 1.43 bits per heavy atom. The number of hydrogen-bond donors (Lipinski definition) is 1. The van der Waals surface area contributed by atoms with Crippen LogP contribution < -0.4 is 10.1 Å². The molecule has 14 heavy (non-hydrogen) atoms. The fourth-order valence-electron chi connectivity index (χ4n) is 1.71. The summed E-state index contributed by atoms with van der Waals surface area (Å²) in [7, 11) is 0. The molecule has 0 saturated carbocycles. The molecule has 1 unspecified atom stereocenters. The van der Waals surface area contributed by atoms with Gasteiger partial charge in [0.25, 0.3) is 0 Å². The van der Waals surface area contributed by atoms with Gasteiger partial charge in [-0.25, -0.2) is 0 Å². The highest BCUT2D eigenvalue weighted by atomic mass is 16.5. The number of benzene rings is 1. The second-order valence-corrected chi connectivity index (χ2v) is 4.25. The third-order valence-electron chi connectivity index (χ3n) is 2.79. The van der Waals surface area contributed by atoms with Crippen molar-refractivity contribution in [1.82, 2.24) is 0 Å². The second-order valence-electron chi connectivity index (χ2n) is 4.25. The molecule has 0 radical (unpaired) electrons. The molecule has 1 atom stereocenters. The van der Waals surface area contributed by atoms with Crippen molar-refractivity contribution in [3.63, 3.8) is 0 Å². The van der Waals surface area contributed by atoms with Crippen molar-refractivity contribution in [3.05, 3.63) is 23.8 Å². The van der Waals surface area contributed by atoms with Crippen molar-refractivity contribution in [2.24, 2.45) is 5.92 Å². The predicted octanol–water partition coefficient (Wildman–Crippen LogP) is 2.82. The van der Waals surface area contributed by atoms with E-state index in [-0.39, 0.29) is 0 Å². The van der Waals surface area contributed by atoms with E-state index in [2.05, 4.69) is 32.2 Å². The average Bonchev–Trinajstić information content (AvgIpc) is 2.18. The Bertz CT molecular complexity index is 333. The van der Waals surface area contributed by atoms with Crippen LogP contribution in [0.3, 0.4) is 0 Å². The van der Waals surface area contributed by atoms with E-state index in [0.29, 0.717) is 12.0 Å². The minimum absolute atomic E-state index is 0.434. The first kappa shape index (κ1) is 9.38. The summed E-state index contributed by atoms with van der Waals surface area (Å²) >= 11 is 0. The summed E-state index contributed by atoms with van der Waals surface area (Å²) < 4.78 is 5.72. The van der Waals surface area contributed by atoms with Crippen molar-refractivity contribution in [1.29, 1.82) is 0 Å². The largest absolute Gasteiger partial charge is 0.489 e. The van der Waals surface area contributed by atoms with Crippen molar-refractivity contribution >= 4 is 5.69 Å². The predicted molar refractivity (Wildman–Crippen MR) is 58.9 cm³/mol. The molecule has 1 aromatic carbocycles. The highest BCUT2D eigenvalue weighted by Gasteiger charge is 2.21. The van der Waals surface area contributed by atoms with Crippen LogP contribution >= 0.6 is 0 Å². The van der Waals surface area contributed by atoms with E-state index in [0.717, 1.165) is 18.0 Å². The smallest absolute Gasteiger partial charge is 0.142 e. The summed E-state index contributed by atoms with van der Waals surface area (Å²) in [5.74, 6) is 1.59. The zero-order valence-electron chi connectivity index (χ0n) is 9.00. The lowest BCUT2D eigenvalue weighted by molar-refractivity contribution is 0.257. The Morgan fingerprint density at radius 2 is 2.21 bits per heavy atom. The van der Waals surface area contributed by atoms with Gasteiger partial charge in [-0.15, -0.1) is 0 Å². The molecule has 0 amide bonds. The molecule has 0 saturated heterocycles. The van der Waals surface area contributed by atoms with Crippen LogP contribution in [0.4, 0.5) is 5.69 Å². The lowest BCUT2D eigenvalue weighted by Gasteiger charge is -2.31. The molecular formula is C12H17NO. The number of hydrogen-bond acceptors (Lipinski definition) is 2. The monoisotopic (exact) mass is 191 g/mol. The van der Waals surface area contributed by atoms with Crippen LogP contribution in [0.15, 0.2) is 18.2 Å². The van der Waals surface area contributed by atoms with Crippen LogP contribution in [0.5, 0.6) is 5.75 Å². The van der Waals surface area contributed by atoms with E-state index in [1.54, 1.807) is 0 Å². The zero-order chi connectivity index (χ0) is 10.1. The molecule has 0 aliphatic carbocycles. The first-order valence-electron chi connectivity index (χ1n) is 5.17. The van der Waals surface area contributed by atoms with Crippen molar-refractivity contribution < 1.29 is 4.74 Å². The molecule has 76 valence electrons. The molecule has 0 fully saturated rings. The Morgan fingerprint density at radius 3 is 2.93 bits per heavy atom. The Balaban J connectivity index is 2.29. The molecule has 0 bridgehead atoms. The van der Waals surface area contributed by atoms with Crippen LogP contribution in [-0.2, 0) is 0 Å². The normalized spacial score (nSPS) is 19.9. The summed E-state index contributed by atoms with van der Waals surface area (Å²) in [4.78, 5) is 0. The van der Waals surface area contributed by atoms with E-state index in [4.69, 9.17) is 4.74 Å². The SMILES string of the molecule is Cc1cccc2c1NC(C(C)C)CO2. The number of para-hydroxylation sites is 1.